The van der Waals surface area contributed by atoms with E-state index in [-0.39, 0.29) is 16.4 Å². The second kappa shape index (κ2) is 4.78. The van der Waals surface area contributed by atoms with E-state index >= 15 is 0 Å². The lowest BCUT2D eigenvalue weighted by atomic mass is 10.00. The molecule has 1 aromatic heterocycles. The molecule has 0 unspecified atom stereocenters. The number of carbonyl (C=O) groups excluding carboxylic acids is 1. The van der Waals surface area contributed by atoms with Crippen LogP contribution in [0.15, 0.2) is 42.5 Å². The average molecular weight is 306 g/mol. The first-order valence-corrected chi connectivity index (χ1v) is 7.46. The molecule has 0 N–H and O–H groups in total. The average Bonchev–Trinajstić information content (AvgIpc) is 2.90. The molecule has 1 aliphatic heterocycles. The third kappa shape index (κ3) is 2.04. The smallest absolute Gasteiger partial charge is 0.270 e. The number of rotatable bonds is 2. The molecule has 0 radical (unpaired) electrons. The van der Waals surface area contributed by atoms with E-state index in [0.717, 1.165) is 33.3 Å². The number of nitro benzene ring substituents is 1. The fraction of sp³-hybridized carbons (Fsp3) is 0.167. The Balaban J connectivity index is 2.01. The first-order chi connectivity index (χ1) is 11.0. The second-order valence-electron chi connectivity index (χ2n) is 5.91. The van der Waals surface area contributed by atoms with Gasteiger partial charge in [-0.25, -0.2) is 0 Å². The summed E-state index contributed by atoms with van der Waals surface area (Å²) in [6, 6.07) is 12.6. The van der Waals surface area contributed by atoms with E-state index < -0.39 is 0 Å². The highest BCUT2D eigenvalue weighted by Crippen LogP contribution is 2.35. The van der Waals surface area contributed by atoms with Crippen LogP contribution in [0.2, 0.25) is 0 Å². The van der Waals surface area contributed by atoms with E-state index in [2.05, 4.69) is 10.6 Å². The van der Waals surface area contributed by atoms with Crippen LogP contribution in [-0.2, 0) is 6.54 Å². The molecule has 0 spiro atoms. The topological polar surface area (TPSA) is 65.1 Å². The summed E-state index contributed by atoms with van der Waals surface area (Å²) in [5, 5.41) is 12.0. The molecule has 1 aliphatic rings. The Labute approximate surface area is 132 Å². The van der Waals surface area contributed by atoms with Gasteiger partial charge in [0.2, 0.25) is 0 Å². The zero-order chi connectivity index (χ0) is 16.1. The van der Waals surface area contributed by atoms with Gasteiger partial charge in [-0.2, -0.15) is 0 Å². The molecule has 0 aliphatic carbocycles. The Morgan fingerprint density at radius 1 is 1.17 bits per heavy atom. The summed E-state index contributed by atoms with van der Waals surface area (Å²) in [6.07, 6.45) is 0.460. The number of aryl methyl sites for hydroxylation is 2. The van der Waals surface area contributed by atoms with Crippen LogP contribution >= 0.6 is 0 Å². The summed E-state index contributed by atoms with van der Waals surface area (Å²) in [7, 11) is 0. The molecule has 0 bridgehead atoms. The quantitative estimate of drug-likeness (QED) is 0.528. The number of ketones is 1. The van der Waals surface area contributed by atoms with Gasteiger partial charge in [0.1, 0.15) is 0 Å². The summed E-state index contributed by atoms with van der Waals surface area (Å²) in [4.78, 5) is 22.8. The van der Waals surface area contributed by atoms with Crippen molar-refractivity contribution in [1.82, 2.24) is 4.57 Å². The van der Waals surface area contributed by atoms with Crippen molar-refractivity contribution < 1.29 is 9.72 Å². The Kier molecular flexibility index (Phi) is 2.84. The SMILES string of the molecule is Cc1cc2c3c(c1)cc(-c1cccc([N+](=O)[O-])c1)n3CCC2=O. The van der Waals surface area contributed by atoms with Crippen LogP contribution in [0.1, 0.15) is 22.3 Å². The Morgan fingerprint density at radius 3 is 2.78 bits per heavy atom. The molecular formula is C18H14N2O3. The number of nitrogens with zero attached hydrogens (tertiary/aromatic N) is 2. The van der Waals surface area contributed by atoms with E-state index in [1.54, 1.807) is 12.1 Å². The monoisotopic (exact) mass is 306 g/mol. The zero-order valence-corrected chi connectivity index (χ0v) is 12.6. The van der Waals surface area contributed by atoms with Gasteiger partial charge in [-0.05, 0) is 30.7 Å². The van der Waals surface area contributed by atoms with Crippen molar-refractivity contribution in [2.75, 3.05) is 0 Å². The third-order valence-electron chi connectivity index (χ3n) is 4.35. The van der Waals surface area contributed by atoms with Crippen molar-refractivity contribution in [1.29, 1.82) is 0 Å². The number of aromatic nitrogens is 1. The predicted molar refractivity (Wildman–Crippen MR) is 87.7 cm³/mol. The molecule has 0 saturated heterocycles. The van der Waals surface area contributed by atoms with Crippen LogP contribution in [0, 0.1) is 17.0 Å². The summed E-state index contributed by atoms with van der Waals surface area (Å²) in [5.41, 5.74) is 4.53. The number of nitro groups is 1. The maximum Gasteiger partial charge on any atom is 0.270 e. The molecule has 0 atom stereocenters. The highest BCUT2D eigenvalue weighted by Gasteiger charge is 2.23. The highest BCUT2D eigenvalue weighted by molar-refractivity contribution is 6.10. The first kappa shape index (κ1) is 13.7. The van der Waals surface area contributed by atoms with Gasteiger partial charge in [-0.3, -0.25) is 14.9 Å². The lowest BCUT2D eigenvalue weighted by Crippen LogP contribution is -2.15. The van der Waals surface area contributed by atoms with Crippen molar-refractivity contribution in [2.24, 2.45) is 0 Å². The molecular weight excluding hydrogens is 292 g/mol. The zero-order valence-electron chi connectivity index (χ0n) is 12.6. The van der Waals surface area contributed by atoms with Gasteiger partial charge < -0.3 is 4.57 Å². The summed E-state index contributed by atoms with van der Waals surface area (Å²) in [5.74, 6) is 0.162. The van der Waals surface area contributed by atoms with Gasteiger partial charge in [0.15, 0.2) is 5.78 Å². The van der Waals surface area contributed by atoms with Crippen LogP contribution in [0.4, 0.5) is 5.69 Å². The molecule has 0 saturated carbocycles. The lowest BCUT2D eigenvalue weighted by Gasteiger charge is -2.17. The Morgan fingerprint density at radius 2 is 2.00 bits per heavy atom. The minimum absolute atomic E-state index is 0.0730. The van der Waals surface area contributed by atoms with Crippen molar-refractivity contribution in [2.45, 2.75) is 19.9 Å². The number of non-ortho nitro benzene ring substituents is 1. The molecule has 5 nitrogen and oxygen atoms in total. The van der Waals surface area contributed by atoms with E-state index in [4.69, 9.17) is 0 Å². The number of carbonyl (C=O) groups is 1. The molecule has 0 fully saturated rings. The number of hydrogen-bond donors (Lipinski definition) is 0. The minimum atomic E-state index is -0.387. The largest absolute Gasteiger partial charge is 0.339 e. The van der Waals surface area contributed by atoms with Crippen LogP contribution < -0.4 is 0 Å². The van der Waals surface area contributed by atoms with Crippen molar-refractivity contribution in [3.05, 3.63) is 63.7 Å². The third-order valence-corrected chi connectivity index (χ3v) is 4.35. The lowest BCUT2D eigenvalue weighted by molar-refractivity contribution is -0.384. The van der Waals surface area contributed by atoms with Gasteiger partial charge in [0, 0.05) is 47.3 Å². The molecule has 3 aromatic rings. The maximum atomic E-state index is 12.2. The van der Waals surface area contributed by atoms with Crippen LogP contribution in [-0.4, -0.2) is 15.3 Å². The number of Topliss-reactive ketones (excluding diaryl/α,β-unsaturated/α-hetero) is 1. The van der Waals surface area contributed by atoms with Crippen molar-refractivity contribution in [3.63, 3.8) is 0 Å². The molecule has 0 amide bonds. The van der Waals surface area contributed by atoms with Gasteiger partial charge in [0.25, 0.3) is 5.69 Å². The number of benzene rings is 2. The van der Waals surface area contributed by atoms with E-state index in [1.807, 2.05) is 25.1 Å². The molecule has 2 heterocycles. The summed E-state index contributed by atoms with van der Waals surface area (Å²) >= 11 is 0. The molecule has 2 aromatic carbocycles. The summed E-state index contributed by atoms with van der Waals surface area (Å²) < 4.78 is 2.10. The normalized spacial score (nSPS) is 13.5. The van der Waals surface area contributed by atoms with Crippen LogP contribution in [0.25, 0.3) is 22.2 Å². The van der Waals surface area contributed by atoms with Gasteiger partial charge in [-0.1, -0.05) is 12.1 Å². The van der Waals surface area contributed by atoms with Gasteiger partial charge >= 0.3 is 0 Å². The van der Waals surface area contributed by atoms with Crippen LogP contribution in [0.3, 0.4) is 0 Å². The molecule has 5 heteroatoms. The van der Waals surface area contributed by atoms with E-state index in [9.17, 15) is 14.9 Å². The van der Waals surface area contributed by atoms with E-state index in [1.165, 1.54) is 6.07 Å². The summed E-state index contributed by atoms with van der Waals surface area (Å²) in [6.45, 7) is 2.58. The fourth-order valence-electron chi connectivity index (χ4n) is 3.37. The number of hydrogen-bond acceptors (Lipinski definition) is 3. The molecule has 4 rings (SSSR count). The molecule has 23 heavy (non-hydrogen) atoms. The van der Waals surface area contributed by atoms with Gasteiger partial charge in [0.05, 0.1) is 10.4 Å². The first-order valence-electron chi connectivity index (χ1n) is 7.46. The Bertz CT molecular complexity index is 985. The second-order valence-corrected chi connectivity index (χ2v) is 5.91. The maximum absolute atomic E-state index is 12.2. The van der Waals surface area contributed by atoms with Crippen molar-refractivity contribution in [3.8, 4) is 11.3 Å². The highest BCUT2D eigenvalue weighted by atomic mass is 16.6. The Hall–Kier alpha value is -2.95. The minimum Gasteiger partial charge on any atom is -0.339 e. The standard InChI is InChI=1S/C18H14N2O3/c1-11-7-13-10-16(12-3-2-4-14(9-12)20(22)23)19-6-5-17(21)15(8-11)18(13)19/h2-4,7-10H,5-6H2,1H3. The van der Waals surface area contributed by atoms with Crippen LogP contribution in [0.5, 0.6) is 0 Å². The molecule has 114 valence electrons. The fourth-order valence-corrected chi connectivity index (χ4v) is 3.37. The van der Waals surface area contributed by atoms with E-state index in [0.29, 0.717) is 13.0 Å². The predicted octanol–water partition coefficient (Wildman–Crippen LogP) is 4.11. The van der Waals surface area contributed by atoms with Gasteiger partial charge in [-0.15, -0.1) is 0 Å². The van der Waals surface area contributed by atoms with Crippen molar-refractivity contribution >= 4 is 22.4 Å².